The van der Waals surface area contributed by atoms with Gasteiger partial charge >= 0.3 is 0 Å². The molecule has 1 atom stereocenters. The van der Waals surface area contributed by atoms with Crippen molar-refractivity contribution in [2.75, 3.05) is 40.3 Å². The van der Waals surface area contributed by atoms with E-state index in [1.165, 1.54) is 0 Å². The van der Waals surface area contributed by atoms with E-state index in [2.05, 4.69) is 10.2 Å². The van der Waals surface area contributed by atoms with E-state index in [0.717, 1.165) is 24.4 Å². The standard InChI is InChI=1S/C21H31N3O4/c1-23-10-8-21(27,9-11-23)15-22-20(26)17-6-7-19(25)24(14-17)13-16-4-3-5-18(12-16)28-2/h3-5,12,17,27H,6-11,13-15H2,1-2H3,(H,22,26)/t17-/m1/s1. The Labute approximate surface area is 166 Å². The first-order chi connectivity index (χ1) is 13.4. The van der Waals surface area contributed by atoms with Crippen LogP contribution in [0.25, 0.3) is 0 Å². The molecule has 7 nitrogen and oxygen atoms in total. The molecule has 0 saturated carbocycles. The van der Waals surface area contributed by atoms with Crippen LogP contribution in [-0.2, 0) is 16.1 Å². The molecule has 3 rings (SSSR count). The molecule has 2 saturated heterocycles. The highest BCUT2D eigenvalue weighted by Gasteiger charge is 2.34. The lowest BCUT2D eigenvalue weighted by molar-refractivity contribution is -0.139. The Balaban J connectivity index is 1.54. The number of amides is 2. The van der Waals surface area contributed by atoms with Crippen molar-refractivity contribution in [2.24, 2.45) is 5.92 Å². The van der Waals surface area contributed by atoms with Gasteiger partial charge in [-0.15, -0.1) is 0 Å². The summed E-state index contributed by atoms with van der Waals surface area (Å²) < 4.78 is 5.24. The third-order valence-corrected chi connectivity index (χ3v) is 5.89. The number of benzene rings is 1. The summed E-state index contributed by atoms with van der Waals surface area (Å²) in [5, 5.41) is 13.6. The van der Waals surface area contributed by atoms with Crippen LogP contribution < -0.4 is 10.1 Å². The molecule has 0 radical (unpaired) electrons. The molecule has 2 heterocycles. The van der Waals surface area contributed by atoms with Gasteiger partial charge < -0.3 is 25.0 Å². The Morgan fingerprint density at radius 3 is 2.82 bits per heavy atom. The number of methoxy groups -OCH3 is 1. The molecule has 2 N–H and O–H groups in total. The Kier molecular flexibility index (Phi) is 6.57. The normalized spacial score (nSPS) is 22.8. The molecular formula is C21H31N3O4. The lowest BCUT2D eigenvalue weighted by Crippen LogP contribution is -2.52. The Bertz CT molecular complexity index is 701. The molecule has 1 aromatic rings. The van der Waals surface area contributed by atoms with Gasteiger partial charge in [0.1, 0.15) is 5.75 Å². The maximum atomic E-state index is 12.7. The number of piperidine rings is 2. The van der Waals surface area contributed by atoms with Crippen LogP contribution in [0.15, 0.2) is 24.3 Å². The quantitative estimate of drug-likeness (QED) is 0.759. The first-order valence-electron chi connectivity index (χ1n) is 9.98. The molecule has 0 bridgehead atoms. The Hall–Kier alpha value is -2.12. The van der Waals surface area contributed by atoms with Gasteiger partial charge in [0, 0.05) is 39.1 Å². The van der Waals surface area contributed by atoms with E-state index >= 15 is 0 Å². The van der Waals surface area contributed by atoms with Gasteiger partial charge in [0.05, 0.1) is 18.6 Å². The molecule has 28 heavy (non-hydrogen) atoms. The van der Waals surface area contributed by atoms with E-state index in [0.29, 0.717) is 38.8 Å². The van der Waals surface area contributed by atoms with Crippen molar-refractivity contribution in [3.63, 3.8) is 0 Å². The average molecular weight is 389 g/mol. The van der Waals surface area contributed by atoms with E-state index in [4.69, 9.17) is 4.74 Å². The highest BCUT2D eigenvalue weighted by atomic mass is 16.5. The Morgan fingerprint density at radius 1 is 1.36 bits per heavy atom. The second kappa shape index (κ2) is 8.92. The fourth-order valence-electron chi connectivity index (χ4n) is 3.88. The van der Waals surface area contributed by atoms with Gasteiger partial charge in [-0.1, -0.05) is 12.1 Å². The zero-order valence-electron chi connectivity index (χ0n) is 16.8. The largest absolute Gasteiger partial charge is 0.497 e. The monoisotopic (exact) mass is 389 g/mol. The van der Waals surface area contributed by atoms with Crippen LogP contribution in [0, 0.1) is 5.92 Å². The van der Waals surface area contributed by atoms with Crippen molar-refractivity contribution in [3.05, 3.63) is 29.8 Å². The third-order valence-electron chi connectivity index (χ3n) is 5.89. The van der Waals surface area contributed by atoms with Crippen LogP contribution in [-0.4, -0.2) is 72.7 Å². The molecule has 0 aliphatic carbocycles. The van der Waals surface area contributed by atoms with E-state index in [1.54, 1.807) is 12.0 Å². The number of nitrogens with one attached hydrogen (secondary N) is 1. The van der Waals surface area contributed by atoms with Gasteiger partial charge in [0.15, 0.2) is 0 Å². The number of aliphatic hydroxyl groups is 1. The van der Waals surface area contributed by atoms with Crippen LogP contribution in [0.3, 0.4) is 0 Å². The fourth-order valence-corrected chi connectivity index (χ4v) is 3.88. The lowest BCUT2D eigenvalue weighted by atomic mass is 9.90. The number of nitrogens with zero attached hydrogens (tertiary/aromatic N) is 2. The van der Waals surface area contributed by atoms with Crippen LogP contribution in [0.5, 0.6) is 5.75 Å². The second-order valence-electron chi connectivity index (χ2n) is 8.11. The maximum Gasteiger partial charge on any atom is 0.225 e. The summed E-state index contributed by atoms with van der Waals surface area (Å²) in [5.74, 6) is 0.511. The predicted octanol–water partition coefficient (Wildman–Crippen LogP) is 1.01. The highest BCUT2D eigenvalue weighted by molar-refractivity contribution is 5.83. The van der Waals surface area contributed by atoms with Crippen molar-refractivity contribution in [1.29, 1.82) is 0 Å². The predicted molar refractivity (Wildman–Crippen MR) is 106 cm³/mol. The second-order valence-corrected chi connectivity index (χ2v) is 8.11. The van der Waals surface area contributed by atoms with Crippen LogP contribution in [0.1, 0.15) is 31.2 Å². The minimum Gasteiger partial charge on any atom is -0.497 e. The molecule has 0 aromatic heterocycles. The summed E-state index contributed by atoms with van der Waals surface area (Å²) >= 11 is 0. The van der Waals surface area contributed by atoms with Crippen LogP contribution >= 0.6 is 0 Å². The summed E-state index contributed by atoms with van der Waals surface area (Å²) in [7, 11) is 3.65. The van der Waals surface area contributed by atoms with Gasteiger partial charge in [0.2, 0.25) is 11.8 Å². The minimum atomic E-state index is -0.826. The van der Waals surface area contributed by atoms with Crippen molar-refractivity contribution in [3.8, 4) is 5.75 Å². The number of ether oxygens (including phenoxy) is 1. The molecule has 154 valence electrons. The SMILES string of the molecule is COc1cccc(CN2C[C@H](C(=O)NCC3(O)CCN(C)CC3)CCC2=O)c1. The molecule has 2 aliphatic rings. The molecule has 0 unspecified atom stereocenters. The molecule has 2 amide bonds. The van der Waals surface area contributed by atoms with Gasteiger partial charge in [-0.25, -0.2) is 0 Å². The lowest BCUT2D eigenvalue weighted by Gasteiger charge is -2.37. The number of hydrogen-bond donors (Lipinski definition) is 2. The summed E-state index contributed by atoms with van der Waals surface area (Å²) in [6.07, 6.45) is 2.25. The summed E-state index contributed by atoms with van der Waals surface area (Å²) in [6, 6.07) is 7.63. The first-order valence-corrected chi connectivity index (χ1v) is 9.98. The summed E-state index contributed by atoms with van der Waals surface area (Å²) in [5.41, 5.74) is 0.154. The van der Waals surface area contributed by atoms with Crippen molar-refractivity contribution in [2.45, 2.75) is 37.8 Å². The highest BCUT2D eigenvalue weighted by Crippen LogP contribution is 2.23. The molecule has 7 heteroatoms. The fraction of sp³-hybridized carbons (Fsp3) is 0.619. The van der Waals surface area contributed by atoms with Crippen molar-refractivity contribution in [1.82, 2.24) is 15.1 Å². The smallest absolute Gasteiger partial charge is 0.225 e. The zero-order valence-corrected chi connectivity index (χ0v) is 16.8. The molecule has 2 fully saturated rings. The topological polar surface area (TPSA) is 82.1 Å². The van der Waals surface area contributed by atoms with Gasteiger partial charge in [-0.05, 0) is 44.0 Å². The van der Waals surface area contributed by atoms with E-state index < -0.39 is 5.60 Å². The first kappa shape index (κ1) is 20.6. The molecule has 1 aromatic carbocycles. The van der Waals surface area contributed by atoms with Crippen LogP contribution in [0.4, 0.5) is 0 Å². The van der Waals surface area contributed by atoms with Gasteiger partial charge in [0.25, 0.3) is 0 Å². The van der Waals surface area contributed by atoms with Gasteiger partial charge in [-0.2, -0.15) is 0 Å². The maximum absolute atomic E-state index is 12.7. The number of rotatable bonds is 6. The minimum absolute atomic E-state index is 0.0702. The average Bonchev–Trinajstić information content (AvgIpc) is 2.70. The number of carbonyl (C=O) groups is 2. The third kappa shape index (κ3) is 5.23. The number of hydrogen-bond acceptors (Lipinski definition) is 5. The molecule has 2 aliphatic heterocycles. The van der Waals surface area contributed by atoms with Crippen molar-refractivity contribution < 1.29 is 19.4 Å². The number of likely N-dealkylation sites (tertiary alicyclic amines) is 2. The van der Waals surface area contributed by atoms with E-state index in [1.807, 2.05) is 31.3 Å². The van der Waals surface area contributed by atoms with Crippen LogP contribution in [0.2, 0.25) is 0 Å². The van der Waals surface area contributed by atoms with E-state index in [-0.39, 0.29) is 24.3 Å². The number of carbonyl (C=O) groups excluding carboxylic acids is 2. The Morgan fingerprint density at radius 2 is 2.11 bits per heavy atom. The van der Waals surface area contributed by atoms with E-state index in [9.17, 15) is 14.7 Å². The van der Waals surface area contributed by atoms with Gasteiger partial charge in [-0.3, -0.25) is 9.59 Å². The summed E-state index contributed by atoms with van der Waals surface area (Å²) in [6.45, 7) is 2.82. The molecule has 0 spiro atoms. The summed E-state index contributed by atoms with van der Waals surface area (Å²) in [4.78, 5) is 28.9. The zero-order chi connectivity index (χ0) is 20.1. The van der Waals surface area contributed by atoms with Crippen molar-refractivity contribution >= 4 is 11.8 Å². The molecular weight excluding hydrogens is 358 g/mol.